The summed E-state index contributed by atoms with van der Waals surface area (Å²) in [6.45, 7) is 16.3. The van der Waals surface area contributed by atoms with Gasteiger partial charge in [0, 0.05) is 49.1 Å². The molecule has 0 unspecified atom stereocenters. The predicted molar refractivity (Wildman–Crippen MR) is 126 cm³/mol. The second kappa shape index (κ2) is 10.0. The molecule has 1 rings (SSSR count). The maximum atomic E-state index is 13.0. The molecule has 0 aliphatic heterocycles. The maximum absolute atomic E-state index is 13.0. The topological polar surface area (TPSA) is 76.7 Å². The normalized spacial score (nSPS) is 12.7. The van der Waals surface area contributed by atoms with E-state index in [1.165, 1.54) is 0 Å². The van der Waals surface area contributed by atoms with Gasteiger partial charge >= 0.3 is 12.1 Å². The first-order valence-corrected chi connectivity index (χ1v) is 10.6. The van der Waals surface area contributed by atoms with E-state index in [4.69, 9.17) is 0 Å². The van der Waals surface area contributed by atoms with Crippen LogP contribution < -0.4 is 20.9 Å². The average Bonchev–Trinajstić information content (AvgIpc) is 2.55. The molecule has 4 amide bonds. The van der Waals surface area contributed by atoms with Crippen molar-refractivity contribution >= 4 is 23.4 Å². The Morgan fingerprint density at radius 3 is 2.03 bits per heavy atom. The molecule has 0 spiro atoms. The molecule has 0 bridgehead atoms. The summed E-state index contributed by atoms with van der Waals surface area (Å²) in [4.78, 5) is 29.2. The van der Waals surface area contributed by atoms with Gasteiger partial charge in [-0.1, -0.05) is 6.92 Å². The van der Waals surface area contributed by atoms with Crippen LogP contribution in [0.4, 0.5) is 21.0 Å². The van der Waals surface area contributed by atoms with Gasteiger partial charge in [0.2, 0.25) is 0 Å². The number of urea groups is 2. The first-order valence-electron chi connectivity index (χ1n) is 10.6. The van der Waals surface area contributed by atoms with Crippen molar-refractivity contribution in [1.82, 2.24) is 15.5 Å². The van der Waals surface area contributed by atoms with Gasteiger partial charge in [-0.15, -0.1) is 0 Å². The average molecular weight is 420 g/mol. The number of benzene rings is 1. The van der Waals surface area contributed by atoms with Crippen LogP contribution in [0, 0.1) is 0 Å². The lowest BCUT2D eigenvalue weighted by atomic mass is 10.1. The summed E-state index contributed by atoms with van der Waals surface area (Å²) >= 11 is 0. The van der Waals surface area contributed by atoms with E-state index in [0.29, 0.717) is 12.2 Å². The van der Waals surface area contributed by atoms with Crippen molar-refractivity contribution < 1.29 is 9.59 Å². The van der Waals surface area contributed by atoms with Crippen molar-refractivity contribution in [3.8, 4) is 0 Å². The van der Waals surface area contributed by atoms with Crippen molar-refractivity contribution in [2.45, 2.75) is 85.5 Å². The van der Waals surface area contributed by atoms with Gasteiger partial charge < -0.3 is 25.8 Å². The summed E-state index contributed by atoms with van der Waals surface area (Å²) in [5.74, 6) is 0. The quantitative estimate of drug-likeness (QED) is 0.621. The molecule has 0 aliphatic carbocycles. The molecule has 0 saturated heterocycles. The molecule has 7 heteroatoms. The van der Waals surface area contributed by atoms with Crippen LogP contribution in [0.25, 0.3) is 0 Å². The van der Waals surface area contributed by atoms with Crippen LogP contribution in [0.3, 0.4) is 0 Å². The van der Waals surface area contributed by atoms with E-state index in [-0.39, 0.29) is 29.2 Å². The highest BCUT2D eigenvalue weighted by Crippen LogP contribution is 2.26. The summed E-state index contributed by atoms with van der Waals surface area (Å²) in [6.07, 6.45) is 0.848. The molecule has 1 aromatic rings. The van der Waals surface area contributed by atoms with Crippen molar-refractivity contribution in [1.29, 1.82) is 0 Å². The minimum absolute atomic E-state index is 0.0724. The molecule has 0 aromatic heterocycles. The predicted octanol–water partition coefficient (Wildman–Crippen LogP) is 4.78. The van der Waals surface area contributed by atoms with Gasteiger partial charge in [0.15, 0.2) is 0 Å². The fourth-order valence-electron chi connectivity index (χ4n) is 2.95. The number of carbonyl (C=O) groups excluding carboxylic acids is 2. The van der Waals surface area contributed by atoms with Crippen molar-refractivity contribution in [3.63, 3.8) is 0 Å². The van der Waals surface area contributed by atoms with E-state index in [1.54, 1.807) is 0 Å². The zero-order valence-corrected chi connectivity index (χ0v) is 20.4. The highest BCUT2D eigenvalue weighted by Gasteiger charge is 2.24. The Morgan fingerprint density at radius 2 is 1.57 bits per heavy atom. The SMILES string of the molecule is CC[C@@H](C)N(Cc1cc(NC(=O)NC(C)(C)C)ccc1N(C)C)C(=O)NC(C)(C)C. The summed E-state index contributed by atoms with van der Waals surface area (Å²) in [5.41, 5.74) is 2.03. The largest absolute Gasteiger partial charge is 0.377 e. The number of amides is 4. The van der Waals surface area contributed by atoms with Crippen LogP contribution in [-0.2, 0) is 6.54 Å². The standard InChI is InChI=1S/C23H41N5O2/c1-11-16(2)28(21(30)26-23(6,7)8)15-17-14-18(12-13-19(17)27(9)10)24-20(29)25-22(3,4)5/h12-14,16H,11,15H2,1-10H3,(H,26,30)(H2,24,25,29)/t16-/m1/s1. The molecular weight excluding hydrogens is 378 g/mol. The van der Waals surface area contributed by atoms with E-state index in [2.05, 4.69) is 29.8 Å². The Morgan fingerprint density at radius 1 is 1.00 bits per heavy atom. The summed E-state index contributed by atoms with van der Waals surface area (Å²) < 4.78 is 0. The molecule has 1 atom stereocenters. The van der Waals surface area contributed by atoms with Crippen molar-refractivity contribution in [2.24, 2.45) is 0 Å². The van der Waals surface area contributed by atoms with Gasteiger partial charge in [-0.25, -0.2) is 9.59 Å². The molecule has 7 nitrogen and oxygen atoms in total. The van der Waals surface area contributed by atoms with Crippen LogP contribution in [-0.4, -0.2) is 48.2 Å². The third-order valence-electron chi connectivity index (χ3n) is 4.51. The first kappa shape index (κ1) is 25.6. The molecule has 170 valence electrons. The third kappa shape index (κ3) is 8.51. The molecule has 1 aromatic carbocycles. The molecule has 0 radical (unpaired) electrons. The number of hydrogen-bond acceptors (Lipinski definition) is 3. The Labute approximate surface area is 182 Å². The number of anilines is 2. The van der Waals surface area contributed by atoms with Gasteiger partial charge in [-0.3, -0.25) is 0 Å². The zero-order valence-electron chi connectivity index (χ0n) is 20.4. The second-order valence-electron chi connectivity index (χ2n) is 10.1. The summed E-state index contributed by atoms with van der Waals surface area (Å²) in [7, 11) is 3.95. The molecule has 0 aliphatic rings. The van der Waals surface area contributed by atoms with E-state index in [0.717, 1.165) is 17.7 Å². The molecule has 0 fully saturated rings. The Balaban J connectivity index is 3.20. The number of nitrogens with one attached hydrogen (secondary N) is 3. The van der Waals surface area contributed by atoms with Gasteiger partial charge in [0.25, 0.3) is 0 Å². The molecule has 0 heterocycles. The van der Waals surface area contributed by atoms with Crippen LogP contribution >= 0.6 is 0 Å². The minimum Gasteiger partial charge on any atom is -0.377 e. The van der Waals surface area contributed by atoms with Crippen LogP contribution in [0.1, 0.15) is 67.4 Å². The highest BCUT2D eigenvalue weighted by atomic mass is 16.2. The fraction of sp³-hybridized carbons (Fsp3) is 0.652. The van der Waals surface area contributed by atoms with Crippen LogP contribution in [0.15, 0.2) is 18.2 Å². The van der Waals surface area contributed by atoms with Crippen molar-refractivity contribution in [2.75, 3.05) is 24.3 Å². The van der Waals surface area contributed by atoms with Gasteiger partial charge in [-0.2, -0.15) is 0 Å². The zero-order chi connectivity index (χ0) is 23.3. The Hall–Kier alpha value is -2.44. The van der Waals surface area contributed by atoms with Gasteiger partial charge in [0.05, 0.1) is 0 Å². The number of hydrogen-bond donors (Lipinski definition) is 3. The first-order chi connectivity index (χ1) is 13.6. The van der Waals surface area contributed by atoms with E-state index < -0.39 is 0 Å². The molecular formula is C23H41N5O2. The molecule has 30 heavy (non-hydrogen) atoms. The van der Waals surface area contributed by atoms with E-state index in [9.17, 15) is 9.59 Å². The van der Waals surface area contributed by atoms with Gasteiger partial charge in [0.1, 0.15) is 0 Å². The lowest BCUT2D eigenvalue weighted by molar-refractivity contribution is 0.165. The lowest BCUT2D eigenvalue weighted by Gasteiger charge is -2.33. The Bertz CT molecular complexity index is 732. The maximum Gasteiger partial charge on any atom is 0.319 e. The number of nitrogens with zero attached hydrogens (tertiary/aromatic N) is 2. The van der Waals surface area contributed by atoms with Crippen molar-refractivity contribution in [3.05, 3.63) is 23.8 Å². The van der Waals surface area contributed by atoms with E-state index >= 15 is 0 Å². The van der Waals surface area contributed by atoms with E-state index in [1.807, 2.05) is 83.6 Å². The molecule has 3 N–H and O–H groups in total. The smallest absolute Gasteiger partial charge is 0.319 e. The summed E-state index contributed by atoms with van der Waals surface area (Å²) in [6, 6.07) is 5.52. The van der Waals surface area contributed by atoms with Crippen LogP contribution in [0.2, 0.25) is 0 Å². The highest BCUT2D eigenvalue weighted by molar-refractivity contribution is 5.90. The monoisotopic (exact) mass is 419 g/mol. The number of rotatable bonds is 6. The Kier molecular flexibility index (Phi) is 8.57. The number of carbonyl (C=O) groups is 2. The molecule has 0 saturated carbocycles. The minimum atomic E-state index is -0.325. The summed E-state index contributed by atoms with van der Waals surface area (Å²) in [5, 5.41) is 8.87. The second-order valence-corrected chi connectivity index (χ2v) is 10.1. The lowest BCUT2D eigenvalue weighted by Crippen LogP contribution is -2.51. The van der Waals surface area contributed by atoms with Crippen LogP contribution in [0.5, 0.6) is 0 Å². The fourth-order valence-corrected chi connectivity index (χ4v) is 2.95. The van der Waals surface area contributed by atoms with Gasteiger partial charge in [-0.05, 0) is 78.6 Å². The third-order valence-corrected chi connectivity index (χ3v) is 4.51.